The zero-order valence-corrected chi connectivity index (χ0v) is 14.1. The zero-order valence-electron chi connectivity index (χ0n) is 14.1. The summed E-state index contributed by atoms with van der Waals surface area (Å²) in [5.41, 5.74) is 0.339. The second-order valence-electron chi connectivity index (χ2n) is 8.06. The first-order valence-corrected chi connectivity index (χ1v) is 8.47. The summed E-state index contributed by atoms with van der Waals surface area (Å²) in [6, 6.07) is 1.27. The van der Waals surface area contributed by atoms with Crippen LogP contribution in [0.4, 0.5) is 0 Å². The Morgan fingerprint density at radius 2 is 2.05 bits per heavy atom. The van der Waals surface area contributed by atoms with Gasteiger partial charge in [0.05, 0.1) is 6.10 Å². The quantitative estimate of drug-likeness (QED) is 0.858. The lowest BCUT2D eigenvalue weighted by Gasteiger charge is -2.47. The van der Waals surface area contributed by atoms with Crippen LogP contribution >= 0.6 is 0 Å². The van der Waals surface area contributed by atoms with Gasteiger partial charge in [0.2, 0.25) is 0 Å². The van der Waals surface area contributed by atoms with E-state index in [0.29, 0.717) is 29.5 Å². The molecule has 0 saturated carbocycles. The van der Waals surface area contributed by atoms with Crippen molar-refractivity contribution in [2.24, 2.45) is 11.3 Å². The Morgan fingerprint density at radius 3 is 2.60 bits per heavy atom. The Balaban J connectivity index is 1.93. The van der Waals surface area contributed by atoms with Crippen molar-refractivity contribution in [1.29, 1.82) is 0 Å². The fourth-order valence-corrected chi connectivity index (χ4v) is 3.57. The zero-order chi connectivity index (χ0) is 14.8. The van der Waals surface area contributed by atoms with Gasteiger partial charge in [0, 0.05) is 38.3 Å². The average Bonchev–Trinajstić information content (AvgIpc) is 2.87. The Kier molecular flexibility index (Phi) is 5.49. The van der Waals surface area contributed by atoms with Gasteiger partial charge < -0.3 is 10.1 Å². The van der Waals surface area contributed by atoms with Gasteiger partial charge in [-0.25, -0.2) is 0 Å². The average molecular weight is 282 g/mol. The van der Waals surface area contributed by atoms with Crippen molar-refractivity contribution in [3.05, 3.63) is 0 Å². The highest BCUT2D eigenvalue weighted by atomic mass is 16.5. The van der Waals surface area contributed by atoms with Gasteiger partial charge in [-0.15, -0.1) is 0 Å². The molecule has 0 bridgehead atoms. The Morgan fingerprint density at radius 1 is 1.30 bits per heavy atom. The number of nitrogens with one attached hydrogen (secondary N) is 1. The Hall–Kier alpha value is -0.120. The predicted molar refractivity (Wildman–Crippen MR) is 85.0 cm³/mol. The van der Waals surface area contributed by atoms with Crippen LogP contribution in [-0.2, 0) is 4.74 Å². The van der Waals surface area contributed by atoms with Gasteiger partial charge in [-0.05, 0) is 30.6 Å². The number of rotatable bonds is 4. The number of ether oxygens (including phenoxy) is 1. The summed E-state index contributed by atoms with van der Waals surface area (Å²) >= 11 is 0. The molecular weight excluding hydrogens is 248 g/mol. The van der Waals surface area contributed by atoms with Crippen LogP contribution in [0.25, 0.3) is 0 Å². The lowest BCUT2D eigenvalue weighted by molar-refractivity contribution is 0.0275. The lowest BCUT2D eigenvalue weighted by Crippen LogP contribution is -2.62. The van der Waals surface area contributed by atoms with Crippen LogP contribution in [-0.4, -0.2) is 49.3 Å². The van der Waals surface area contributed by atoms with Crippen LogP contribution in [0.3, 0.4) is 0 Å². The Labute approximate surface area is 125 Å². The maximum absolute atomic E-state index is 5.80. The van der Waals surface area contributed by atoms with Gasteiger partial charge in [-0.1, -0.05) is 34.6 Å². The molecule has 20 heavy (non-hydrogen) atoms. The third kappa shape index (κ3) is 4.19. The molecule has 0 aromatic rings. The summed E-state index contributed by atoms with van der Waals surface area (Å²) < 4.78 is 5.80. The molecule has 2 heterocycles. The molecule has 3 atom stereocenters. The molecular formula is C17H34N2O. The molecule has 2 fully saturated rings. The minimum atomic E-state index is 0.339. The highest BCUT2D eigenvalue weighted by Crippen LogP contribution is 2.28. The first-order chi connectivity index (χ1) is 9.38. The first kappa shape index (κ1) is 16.3. The van der Waals surface area contributed by atoms with Crippen molar-refractivity contribution in [3.8, 4) is 0 Å². The molecule has 3 heteroatoms. The van der Waals surface area contributed by atoms with Crippen molar-refractivity contribution in [2.45, 2.75) is 72.1 Å². The van der Waals surface area contributed by atoms with Crippen LogP contribution in [0.1, 0.15) is 53.9 Å². The highest BCUT2D eigenvalue weighted by Gasteiger charge is 2.36. The van der Waals surface area contributed by atoms with Gasteiger partial charge in [-0.3, -0.25) is 4.90 Å². The monoisotopic (exact) mass is 282 g/mol. The summed E-state index contributed by atoms with van der Waals surface area (Å²) in [5.74, 6) is 0.709. The highest BCUT2D eigenvalue weighted by molar-refractivity contribution is 4.93. The number of hydrogen-bond donors (Lipinski definition) is 1. The molecule has 2 saturated heterocycles. The first-order valence-electron chi connectivity index (χ1n) is 8.47. The molecule has 3 nitrogen and oxygen atoms in total. The van der Waals surface area contributed by atoms with E-state index >= 15 is 0 Å². The van der Waals surface area contributed by atoms with E-state index in [1.54, 1.807) is 0 Å². The normalized spacial score (nSPS) is 33.0. The van der Waals surface area contributed by atoms with Crippen LogP contribution in [0.15, 0.2) is 0 Å². The van der Waals surface area contributed by atoms with E-state index < -0.39 is 0 Å². The van der Waals surface area contributed by atoms with E-state index in [1.807, 2.05) is 0 Å². The van der Waals surface area contributed by atoms with E-state index in [1.165, 1.54) is 32.4 Å². The van der Waals surface area contributed by atoms with E-state index in [2.05, 4.69) is 44.8 Å². The lowest BCUT2D eigenvalue weighted by atomic mass is 9.83. The molecule has 0 amide bonds. The third-order valence-corrected chi connectivity index (χ3v) is 5.01. The molecule has 2 aliphatic heterocycles. The van der Waals surface area contributed by atoms with Crippen molar-refractivity contribution >= 4 is 0 Å². The van der Waals surface area contributed by atoms with Crippen LogP contribution in [0.2, 0.25) is 0 Å². The second-order valence-corrected chi connectivity index (χ2v) is 8.06. The molecule has 0 spiro atoms. The van der Waals surface area contributed by atoms with Gasteiger partial charge in [-0.2, -0.15) is 0 Å². The van der Waals surface area contributed by atoms with Crippen LogP contribution in [0, 0.1) is 11.3 Å². The van der Waals surface area contributed by atoms with Gasteiger partial charge in [0.1, 0.15) is 0 Å². The number of hydrogen-bond acceptors (Lipinski definition) is 3. The molecule has 0 aromatic carbocycles. The summed E-state index contributed by atoms with van der Waals surface area (Å²) in [6.07, 6.45) is 4.24. The summed E-state index contributed by atoms with van der Waals surface area (Å²) in [5, 5.41) is 3.76. The molecule has 2 rings (SSSR count). The summed E-state index contributed by atoms with van der Waals surface area (Å²) in [4.78, 5) is 2.73. The maximum Gasteiger partial charge on any atom is 0.0588 e. The Bertz CT molecular complexity index is 292. The molecule has 0 aromatic heterocycles. The van der Waals surface area contributed by atoms with Crippen LogP contribution in [0.5, 0.6) is 0 Å². The third-order valence-electron chi connectivity index (χ3n) is 5.01. The number of piperazine rings is 1. The summed E-state index contributed by atoms with van der Waals surface area (Å²) in [6.45, 7) is 16.2. The summed E-state index contributed by atoms with van der Waals surface area (Å²) in [7, 11) is 0. The maximum atomic E-state index is 5.80. The molecule has 2 aliphatic rings. The topological polar surface area (TPSA) is 24.5 Å². The molecule has 0 radical (unpaired) electrons. The second kappa shape index (κ2) is 6.76. The minimum absolute atomic E-state index is 0.339. The minimum Gasteiger partial charge on any atom is -0.378 e. The van der Waals surface area contributed by atoms with Crippen molar-refractivity contribution in [3.63, 3.8) is 0 Å². The van der Waals surface area contributed by atoms with E-state index in [4.69, 9.17) is 4.74 Å². The smallest absolute Gasteiger partial charge is 0.0588 e. The van der Waals surface area contributed by atoms with Crippen molar-refractivity contribution in [2.75, 3.05) is 26.2 Å². The van der Waals surface area contributed by atoms with Gasteiger partial charge >= 0.3 is 0 Å². The van der Waals surface area contributed by atoms with Crippen LogP contribution < -0.4 is 5.32 Å². The van der Waals surface area contributed by atoms with Crippen molar-refractivity contribution in [1.82, 2.24) is 10.2 Å². The van der Waals surface area contributed by atoms with Gasteiger partial charge in [0.15, 0.2) is 0 Å². The molecule has 3 unspecified atom stereocenters. The fraction of sp³-hybridized carbons (Fsp3) is 1.00. The largest absolute Gasteiger partial charge is 0.378 e. The van der Waals surface area contributed by atoms with E-state index in [0.717, 1.165) is 13.2 Å². The van der Waals surface area contributed by atoms with E-state index in [9.17, 15) is 0 Å². The number of nitrogens with zero attached hydrogens (tertiary/aromatic N) is 1. The molecule has 1 N–H and O–H groups in total. The fourth-order valence-electron chi connectivity index (χ4n) is 3.57. The standard InChI is InChI=1S/C17H34N2O/c1-13(2)15-12-19(9-8-14-7-6-10-20-14)16(11-18-15)17(3,4)5/h13-16,18H,6-12H2,1-5H3. The van der Waals surface area contributed by atoms with Crippen molar-refractivity contribution < 1.29 is 4.74 Å². The van der Waals surface area contributed by atoms with Gasteiger partial charge in [0.25, 0.3) is 0 Å². The molecule has 118 valence electrons. The predicted octanol–water partition coefficient (Wildman–Crippen LogP) is 2.90. The SMILES string of the molecule is CC(C)C1CN(CCC2CCCO2)C(C(C)(C)C)CN1. The molecule has 0 aliphatic carbocycles. The van der Waals surface area contributed by atoms with E-state index in [-0.39, 0.29) is 0 Å².